The van der Waals surface area contributed by atoms with E-state index in [1.807, 2.05) is 37.4 Å². The summed E-state index contributed by atoms with van der Waals surface area (Å²) in [5, 5.41) is 17.0. The highest BCUT2D eigenvalue weighted by Crippen LogP contribution is 2.45. The number of rotatable bonds is 17. The summed E-state index contributed by atoms with van der Waals surface area (Å²) in [6.07, 6.45) is 6.29. The number of carbonyl (C=O) groups excluding carboxylic acids is 4. The number of hydrogen-bond acceptors (Lipinski definition) is 9. The third-order valence-electron chi connectivity index (χ3n) is 8.91. The molecule has 1 aliphatic heterocycles. The molecule has 2 aromatic rings. The molecule has 0 bridgehead atoms. The standard InChI is InChI=1S/C36H45N5O8/c1-5-8-9-10-11-20-39(23-25-12-16-28(37-4)17-13-25)35(45)40-24-30(49-33(43)26-14-18-29(19-15-26)41(46)47)21-31(40)32(42)38-36(22-27(36)6-2)34(44)48-7-3/h5-6,12-19,27,30-31,37H,1-2,7-11,20-24H2,3-4H3,(H,38,42)/t27-,30-,31+,36-/m1/s1. The van der Waals surface area contributed by atoms with Crippen molar-refractivity contribution in [3.63, 3.8) is 0 Å². The molecule has 0 aromatic heterocycles. The fourth-order valence-corrected chi connectivity index (χ4v) is 6.04. The molecule has 262 valence electrons. The summed E-state index contributed by atoms with van der Waals surface area (Å²) < 4.78 is 11.0. The smallest absolute Gasteiger partial charge is 0.338 e. The average Bonchev–Trinajstić information content (AvgIpc) is 3.66. The van der Waals surface area contributed by atoms with Crippen LogP contribution in [0.25, 0.3) is 0 Å². The Morgan fingerprint density at radius 1 is 1.08 bits per heavy atom. The van der Waals surface area contributed by atoms with Crippen molar-refractivity contribution < 1.29 is 33.6 Å². The van der Waals surface area contributed by atoms with Gasteiger partial charge in [-0.15, -0.1) is 13.2 Å². The van der Waals surface area contributed by atoms with Gasteiger partial charge in [0.2, 0.25) is 5.91 Å². The Hall–Kier alpha value is -5.20. The van der Waals surface area contributed by atoms with Gasteiger partial charge >= 0.3 is 18.0 Å². The van der Waals surface area contributed by atoms with Gasteiger partial charge in [-0.05, 0) is 62.4 Å². The number of non-ortho nitro benzene ring substituents is 1. The molecule has 1 saturated carbocycles. The van der Waals surface area contributed by atoms with Crippen LogP contribution >= 0.6 is 0 Å². The Labute approximate surface area is 286 Å². The summed E-state index contributed by atoms with van der Waals surface area (Å²) in [7, 11) is 1.82. The second-order valence-corrected chi connectivity index (χ2v) is 12.3. The van der Waals surface area contributed by atoms with Gasteiger partial charge in [0.1, 0.15) is 17.7 Å². The second kappa shape index (κ2) is 16.8. The van der Waals surface area contributed by atoms with Crippen LogP contribution in [0.2, 0.25) is 0 Å². The molecule has 2 aromatic carbocycles. The molecule has 1 heterocycles. The maximum atomic E-state index is 14.4. The number of amides is 3. The lowest BCUT2D eigenvalue weighted by Gasteiger charge is -2.32. The molecule has 2 aliphatic rings. The predicted octanol–water partition coefficient (Wildman–Crippen LogP) is 5.23. The SMILES string of the molecule is C=CCCCCCN(Cc1ccc(NC)cc1)C(=O)N1C[C@H](OC(=O)c2ccc([N+](=O)[O-])cc2)C[C@H]1C(=O)N[C@]1(C(=O)OCC)C[C@H]1C=C. The largest absolute Gasteiger partial charge is 0.464 e. The zero-order valence-electron chi connectivity index (χ0n) is 28.1. The molecule has 0 radical (unpaired) electrons. The van der Waals surface area contributed by atoms with Gasteiger partial charge in [-0.1, -0.05) is 30.7 Å². The predicted molar refractivity (Wildman–Crippen MR) is 184 cm³/mol. The quantitative estimate of drug-likeness (QED) is 0.0753. The molecule has 4 rings (SSSR count). The molecule has 4 atom stereocenters. The molecule has 49 heavy (non-hydrogen) atoms. The van der Waals surface area contributed by atoms with E-state index in [2.05, 4.69) is 23.8 Å². The van der Waals surface area contributed by atoms with Gasteiger partial charge in [-0.3, -0.25) is 14.9 Å². The number of likely N-dealkylation sites (tertiary alicyclic amines) is 1. The van der Waals surface area contributed by atoms with E-state index in [1.165, 1.54) is 29.2 Å². The molecular formula is C36H45N5O8. The first-order valence-electron chi connectivity index (χ1n) is 16.6. The Morgan fingerprint density at radius 2 is 1.80 bits per heavy atom. The minimum absolute atomic E-state index is 0.0159. The van der Waals surface area contributed by atoms with Gasteiger partial charge in [0.05, 0.1) is 23.6 Å². The zero-order valence-corrected chi connectivity index (χ0v) is 28.1. The minimum Gasteiger partial charge on any atom is -0.464 e. The molecule has 0 unspecified atom stereocenters. The van der Waals surface area contributed by atoms with Crippen molar-refractivity contribution in [3.05, 3.63) is 95.1 Å². The van der Waals surface area contributed by atoms with E-state index in [9.17, 15) is 29.3 Å². The van der Waals surface area contributed by atoms with Crippen LogP contribution in [0.1, 0.15) is 61.4 Å². The Bertz CT molecular complexity index is 1530. The van der Waals surface area contributed by atoms with Gasteiger partial charge in [0.15, 0.2) is 0 Å². The van der Waals surface area contributed by atoms with Crippen LogP contribution in [0.15, 0.2) is 73.8 Å². The van der Waals surface area contributed by atoms with Crippen molar-refractivity contribution >= 4 is 35.3 Å². The maximum absolute atomic E-state index is 14.4. The number of anilines is 1. The molecule has 13 heteroatoms. The molecule has 1 aliphatic carbocycles. The number of hydrogen-bond donors (Lipinski definition) is 2. The van der Waals surface area contributed by atoms with E-state index in [0.29, 0.717) is 13.0 Å². The lowest BCUT2D eigenvalue weighted by Crippen LogP contribution is -2.55. The summed E-state index contributed by atoms with van der Waals surface area (Å²) in [6.45, 7) is 10.0. The van der Waals surface area contributed by atoms with Gasteiger partial charge < -0.3 is 29.9 Å². The third kappa shape index (κ3) is 9.04. The van der Waals surface area contributed by atoms with Crippen molar-refractivity contribution in [1.82, 2.24) is 15.1 Å². The van der Waals surface area contributed by atoms with Crippen LogP contribution in [0.4, 0.5) is 16.2 Å². The minimum atomic E-state index is -1.28. The highest BCUT2D eigenvalue weighted by Gasteiger charge is 2.62. The van der Waals surface area contributed by atoms with Crippen molar-refractivity contribution in [3.8, 4) is 0 Å². The van der Waals surface area contributed by atoms with Crippen LogP contribution in [0.3, 0.4) is 0 Å². The van der Waals surface area contributed by atoms with Crippen molar-refractivity contribution in [2.45, 2.75) is 69.7 Å². The number of carbonyl (C=O) groups is 4. The number of nitrogens with one attached hydrogen (secondary N) is 2. The maximum Gasteiger partial charge on any atom is 0.338 e. The van der Waals surface area contributed by atoms with Crippen LogP contribution in [-0.4, -0.2) is 83.0 Å². The Morgan fingerprint density at radius 3 is 2.39 bits per heavy atom. The highest BCUT2D eigenvalue weighted by molar-refractivity contribution is 5.95. The number of esters is 2. The normalized spacial score (nSPS) is 20.9. The monoisotopic (exact) mass is 675 g/mol. The van der Waals surface area contributed by atoms with E-state index in [1.54, 1.807) is 17.9 Å². The lowest BCUT2D eigenvalue weighted by atomic mass is 10.1. The fraction of sp³-hybridized carbons (Fsp3) is 0.444. The fourth-order valence-electron chi connectivity index (χ4n) is 6.04. The summed E-state index contributed by atoms with van der Waals surface area (Å²) in [5.41, 5.74) is 0.457. The molecule has 0 spiro atoms. The first kappa shape index (κ1) is 36.6. The number of nitro groups is 1. The summed E-state index contributed by atoms with van der Waals surface area (Å²) >= 11 is 0. The van der Waals surface area contributed by atoms with E-state index in [-0.39, 0.29) is 43.3 Å². The number of ether oxygens (including phenoxy) is 2. The van der Waals surface area contributed by atoms with Gasteiger partial charge in [0.25, 0.3) is 5.69 Å². The highest BCUT2D eigenvalue weighted by atomic mass is 16.6. The lowest BCUT2D eigenvalue weighted by molar-refractivity contribution is -0.384. The number of urea groups is 1. The molecular weight excluding hydrogens is 630 g/mol. The zero-order chi connectivity index (χ0) is 35.6. The topological polar surface area (TPSA) is 160 Å². The van der Waals surface area contributed by atoms with Gasteiger partial charge in [-0.25, -0.2) is 14.4 Å². The van der Waals surface area contributed by atoms with E-state index in [4.69, 9.17) is 9.47 Å². The molecule has 2 N–H and O–H groups in total. The van der Waals surface area contributed by atoms with Crippen LogP contribution in [0, 0.1) is 16.0 Å². The van der Waals surface area contributed by atoms with E-state index < -0.39 is 46.5 Å². The Kier molecular flexibility index (Phi) is 12.5. The van der Waals surface area contributed by atoms with E-state index >= 15 is 0 Å². The summed E-state index contributed by atoms with van der Waals surface area (Å²) in [4.78, 5) is 68.0. The van der Waals surface area contributed by atoms with Crippen LogP contribution < -0.4 is 10.6 Å². The molecule has 3 amide bonds. The van der Waals surface area contributed by atoms with Crippen molar-refractivity contribution in [1.29, 1.82) is 0 Å². The summed E-state index contributed by atoms with van der Waals surface area (Å²) in [5.74, 6) is -2.21. The first-order valence-corrected chi connectivity index (χ1v) is 16.6. The third-order valence-corrected chi connectivity index (χ3v) is 8.91. The van der Waals surface area contributed by atoms with Crippen LogP contribution in [-0.2, 0) is 25.6 Å². The number of allylic oxidation sites excluding steroid dienone is 1. The van der Waals surface area contributed by atoms with E-state index in [0.717, 1.165) is 36.9 Å². The van der Waals surface area contributed by atoms with Gasteiger partial charge in [0, 0.05) is 50.3 Å². The average molecular weight is 676 g/mol. The van der Waals surface area contributed by atoms with Gasteiger partial charge in [-0.2, -0.15) is 0 Å². The number of unbranched alkanes of at least 4 members (excludes halogenated alkanes) is 3. The Balaban J connectivity index is 1.59. The summed E-state index contributed by atoms with van der Waals surface area (Å²) in [6, 6.07) is 11.2. The number of nitrogens with zero attached hydrogens (tertiary/aromatic N) is 3. The van der Waals surface area contributed by atoms with Crippen LogP contribution in [0.5, 0.6) is 0 Å². The van der Waals surface area contributed by atoms with Crippen molar-refractivity contribution in [2.75, 3.05) is 32.1 Å². The molecule has 13 nitrogen and oxygen atoms in total. The second-order valence-electron chi connectivity index (χ2n) is 12.3. The van der Waals surface area contributed by atoms with Crippen molar-refractivity contribution in [2.24, 2.45) is 5.92 Å². The molecule has 1 saturated heterocycles. The first-order chi connectivity index (χ1) is 23.6. The number of nitro benzene ring substituents is 1. The molecule has 2 fully saturated rings. The number of benzene rings is 2.